The molecule has 0 bridgehead atoms. The molecule has 1 atom stereocenters. The molecular formula is C19H25F3N6. The molecule has 0 aliphatic carbocycles. The largest absolute Gasteiger partial charge is 0.401 e. The number of imidazole rings is 1. The summed E-state index contributed by atoms with van der Waals surface area (Å²) in [5.41, 5.74) is 1.97. The molecule has 2 aromatic rings. The molecule has 28 heavy (non-hydrogen) atoms. The van der Waals surface area contributed by atoms with Crippen LogP contribution in [0, 0.1) is 0 Å². The van der Waals surface area contributed by atoms with Crippen molar-refractivity contribution in [1.29, 1.82) is 0 Å². The van der Waals surface area contributed by atoms with Crippen LogP contribution in [-0.2, 0) is 6.54 Å². The number of nitrogens with zero attached hydrogens (tertiary/aromatic N) is 3. The number of likely N-dealkylation sites (tertiary alicyclic amines) is 1. The molecule has 1 aliphatic heterocycles. The minimum atomic E-state index is -4.16. The third-order valence-electron chi connectivity index (χ3n) is 4.46. The number of hydrogen-bond acceptors (Lipinski definition) is 3. The van der Waals surface area contributed by atoms with E-state index in [0.717, 1.165) is 17.1 Å². The van der Waals surface area contributed by atoms with Gasteiger partial charge in [-0.05, 0) is 18.9 Å². The Kier molecular flexibility index (Phi) is 6.56. The van der Waals surface area contributed by atoms with Crippen LogP contribution < -0.4 is 10.6 Å². The van der Waals surface area contributed by atoms with Crippen molar-refractivity contribution in [2.75, 3.05) is 26.2 Å². The van der Waals surface area contributed by atoms with Crippen LogP contribution in [0.2, 0.25) is 0 Å². The summed E-state index contributed by atoms with van der Waals surface area (Å²) in [6, 6.07) is 9.82. The predicted octanol–water partition coefficient (Wildman–Crippen LogP) is 2.77. The van der Waals surface area contributed by atoms with Crippen LogP contribution in [0.3, 0.4) is 0 Å². The SMILES string of the molecule is CCNC(=NCc1ncc(-c2ccccc2)[nH]1)NC1CCN(CC(F)(F)F)C1. The average molecular weight is 394 g/mol. The standard InChI is InChI=1S/C19H25F3N6/c1-2-23-18(26-15-8-9-28(12-15)13-19(20,21)22)25-11-17-24-10-16(27-17)14-6-4-3-5-7-14/h3-7,10,15H,2,8-9,11-13H2,1H3,(H,24,27)(H2,23,25,26). The smallest absolute Gasteiger partial charge is 0.357 e. The number of rotatable bonds is 6. The summed E-state index contributed by atoms with van der Waals surface area (Å²) in [5, 5.41) is 6.37. The third-order valence-corrected chi connectivity index (χ3v) is 4.46. The first-order valence-corrected chi connectivity index (χ1v) is 9.36. The van der Waals surface area contributed by atoms with Gasteiger partial charge < -0.3 is 15.6 Å². The van der Waals surface area contributed by atoms with Gasteiger partial charge in [0.05, 0.1) is 18.4 Å². The summed E-state index contributed by atoms with van der Waals surface area (Å²) in [6.07, 6.45) is -1.74. The molecule has 3 N–H and O–H groups in total. The molecule has 9 heteroatoms. The molecule has 1 saturated heterocycles. The molecule has 0 amide bonds. The summed E-state index contributed by atoms with van der Waals surface area (Å²) in [7, 11) is 0. The van der Waals surface area contributed by atoms with Crippen LogP contribution >= 0.6 is 0 Å². The van der Waals surface area contributed by atoms with E-state index in [9.17, 15) is 13.2 Å². The van der Waals surface area contributed by atoms with E-state index in [4.69, 9.17) is 0 Å². The quantitative estimate of drug-likeness (QED) is 0.521. The van der Waals surface area contributed by atoms with Gasteiger partial charge in [0.25, 0.3) is 0 Å². The van der Waals surface area contributed by atoms with Crippen molar-refractivity contribution >= 4 is 5.96 Å². The lowest BCUT2D eigenvalue weighted by Gasteiger charge is -2.19. The third kappa shape index (κ3) is 5.98. The number of nitrogens with one attached hydrogen (secondary N) is 3. The average Bonchev–Trinajstić information content (AvgIpc) is 3.29. The maximum atomic E-state index is 12.5. The van der Waals surface area contributed by atoms with Crippen molar-refractivity contribution in [3.8, 4) is 11.3 Å². The normalized spacial score (nSPS) is 18.4. The second-order valence-corrected chi connectivity index (χ2v) is 6.78. The molecule has 1 aromatic carbocycles. The fraction of sp³-hybridized carbons (Fsp3) is 0.474. The molecule has 3 rings (SSSR count). The molecular weight excluding hydrogens is 369 g/mol. The van der Waals surface area contributed by atoms with Crippen LogP contribution in [-0.4, -0.2) is 59.2 Å². The Bertz CT molecular complexity index is 771. The first-order valence-electron chi connectivity index (χ1n) is 9.36. The molecule has 2 heterocycles. The van der Waals surface area contributed by atoms with Crippen molar-refractivity contribution in [2.24, 2.45) is 4.99 Å². The number of guanidine groups is 1. The fourth-order valence-corrected chi connectivity index (χ4v) is 3.22. The number of alkyl halides is 3. The lowest BCUT2D eigenvalue weighted by atomic mass is 10.2. The van der Waals surface area contributed by atoms with Crippen LogP contribution in [0.4, 0.5) is 13.2 Å². The molecule has 0 radical (unpaired) electrons. The number of aromatic nitrogens is 2. The summed E-state index contributed by atoms with van der Waals surface area (Å²) in [5.74, 6) is 1.31. The van der Waals surface area contributed by atoms with E-state index in [1.807, 2.05) is 37.3 Å². The minimum Gasteiger partial charge on any atom is -0.357 e. The van der Waals surface area contributed by atoms with Crippen molar-refractivity contribution in [1.82, 2.24) is 25.5 Å². The van der Waals surface area contributed by atoms with Gasteiger partial charge in [0.2, 0.25) is 0 Å². The number of aliphatic imine (C=N–C) groups is 1. The molecule has 152 valence electrons. The number of H-pyrrole nitrogens is 1. The zero-order valence-electron chi connectivity index (χ0n) is 15.8. The van der Waals surface area contributed by atoms with E-state index in [1.165, 1.54) is 4.90 Å². The van der Waals surface area contributed by atoms with Gasteiger partial charge in [0.15, 0.2) is 5.96 Å². The summed E-state index contributed by atoms with van der Waals surface area (Å²) in [6.45, 7) is 2.87. The Balaban J connectivity index is 1.57. The Morgan fingerprint density at radius 3 is 2.82 bits per heavy atom. The van der Waals surface area contributed by atoms with E-state index in [0.29, 0.717) is 38.6 Å². The molecule has 0 saturated carbocycles. The first kappa shape index (κ1) is 20.2. The highest BCUT2D eigenvalue weighted by Gasteiger charge is 2.34. The van der Waals surface area contributed by atoms with Crippen molar-refractivity contribution in [2.45, 2.75) is 32.1 Å². The van der Waals surface area contributed by atoms with E-state index >= 15 is 0 Å². The second-order valence-electron chi connectivity index (χ2n) is 6.78. The van der Waals surface area contributed by atoms with Crippen LogP contribution in [0.15, 0.2) is 41.5 Å². The monoisotopic (exact) mass is 394 g/mol. The van der Waals surface area contributed by atoms with E-state index < -0.39 is 12.7 Å². The molecule has 1 unspecified atom stereocenters. The lowest BCUT2D eigenvalue weighted by Crippen LogP contribution is -2.45. The predicted molar refractivity (Wildman–Crippen MR) is 103 cm³/mol. The fourth-order valence-electron chi connectivity index (χ4n) is 3.22. The Labute approximate surface area is 162 Å². The topological polar surface area (TPSA) is 68.3 Å². The van der Waals surface area contributed by atoms with Crippen LogP contribution in [0.5, 0.6) is 0 Å². The molecule has 0 spiro atoms. The van der Waals surface area contributed by atoms with Gasteiger partial charge in [0, 0.05) is 25.7 Å². The zero-order chi connectivity index (χ0) is 20.0. The molecule has 1 aliphatic rings. The van der Waals surface area contributed by atoms with Crippen molar-refractivity contribution in [3.05, 3.63) is 42.4 Å². The lowest BCUT2D eigenvalue weighted by molar-refractivity contribution is -0.143. The number of benzene rings is 1. The van der Waals surface area contributed by atoms with Crippen molar-refractivity contribution in [3.63, 3.8) is 0 Å². The number of halogens is 3. The van der Waals surface area contributed by atoms with E-state index in [2.05, 4.69) is 25.6 Å². The van der Waals surface area contributed by atoms with Crippen LogP contribution in [0.25, 0.3) is 11.3 Å². The zero-order valence-corrected chi connectivity index (χ0v) is 15.8. The molecule has 1 aromatic heterocycles. The van der Waals surface area contributed by atoms with Gasteiger partial charge in [-0.1, -0.05) is 30.3 Å². The summed E-state index contributed by atoms with van der Waals surface area (Å²) in [4.78, 5) is 13.5. The first-order chi connectivity index (χ1) is 13.4. The van der Waals surface area contributed by atoms with Gasteiger partial charge >= 0.3 is 6.18 Å². The minimum absolute atomic E-state index is 0.0587. The summed E-state index contributed by atoms with van der Waals surface area (Å²) < 4.78 is 37.6. The Morgan fingerprint density at radius 2 is 2.11 bits per heavy atom. The van der Waals surface area contributed by atoms with Gasteiger partial charge in [-0.15, -0.1) is 0 Å². The number of aromatic amines is 1. The molecule has 1 fully saturated rings. The Morgan fingerprint density at radius 1 is 1.32 bits per heavy atom. The highest BCUT2D eigenvalue weighted by molar-refractivity contribution is 5.80. The van der Waals surface area contributed by atoms with Crippen LogP contribution in [0.1, 0.15) is 19.2 Å². The second kappa shape index (κ2) is 9.09. The molecule has 6 nitrogen and oxygen atoms in total. The Hall–Kier alpha value is -2.55. The van der Waals surface area contributed by atoms with Gasteiger partial charge in [-0.25, -0.2) is 9.98 Å². The highest BCUT2D eigenvalue weighted by atomic mass is 19.4. The van der Waals surface area contributed by atoms with Gasteiger partial charge in [0.1, 0.15) is 12.4 Å². The maximum Gasteiger partial charge on any atom is 0.401 e. The van der Waals surface area contributed by atoms with Crippen molar-refractivity contribution < 1.29 is 13.2 Å². The summed E-state index contributed by atoms with van der Waals surface area (Å²) >= 11 is 0. The maximum absolute atomic E-state index is 12.5. The van der Waals surface area contributed by atoms with Gasteiger partial charge in [-0.2, -0.15) is 13.2 Å². The van der Waals surface area contributed by atoms with Gasteiger partial charge in [-0.3, -0.25) is 4.90 Å². The highest BCUT2D eigenvalue weighted by Crippen LogP contribution is 2.20. The number of hydrogen-bond donors (Lipinski definition) is 3. The van der Waals surface area contributed by atoms with E-state index in [-0.39, 0.29) is 6.04 Å². The van der Waals surface area contributed by atoms with E-state index in [1.54, 1.807) is 6.20 Å².